The number of rotatable bonds is 80. The summed E-state index contributed by atoms with van der Waals surface area (Å²) >= 11 is 0. The molecule has 0 aromatic rings. The first kappa shape index (κ1) is 115. The maximum atomic E-state index is 10.3. The second-order valence-corrected chi connectivity index (χ2v) is 30.4. The van der Waals surface area contributed by atoms with Gasteiger partial charge >= 0.3 is 63.2 Å². The molecule has 12 heteroatoms. The van der Waals surface area contributed by atoms with Crippen molar-refractivity contribution in [1.82, 2.24) is 0 Å². The van der Waals surface area contributed by atoms with Crippen LogP contribution < -0.4 is 20.4 Å². The van der Waals surface area contributed by atoms with Gasteiger partial charge in [-0.05, 0) is 57.8 Å². The number of carbonyl (C=O) groups excluding carboxylic acids is 4. The van der Waals surface area contributed by atoms with Gasteiger partial charge in [-0.1, -0.05) is 484 Å². The third-order valence-corrected chi connectivity index (χ3v) is 19.9. The van der Waals surface area contributed by atoms with Crippen LogP contribution in [0.2, 0.25) is 0 Å². The minimum atomic E-state index is -0.903. The first-order valence-corrected chi connectivity index (χ1v) is 44.9. The minimum absolute atomic E-state index is 0. The van der Waals surface area contributed by atoms with E-state index in [-0.39, 0.29) is 82.9 Å². The van der Waals surface area contributed by atoms with Gasteiger partial charge < -0.3 is 44.7 Å². The Labute approximate surface area is 679 Å². The van der Waals surface area contributed by atoms with Crippen LogP contribution in [0, 0.1) is 0 Å². The molecule has 0 saturated carbocycles. The van der Waals surface area contributed by atoms with Crippen molar-refractivity contribution in [2.24, 2.45) is 0 Å². The molecular weight excluding hydrogens is 1350 g/mol. The Hall–Kier alpha value is -0.767. The predicted octanol–water partition coefficient (Wildman–Crippen LogP) is 25.9. The Morgan fingerprint density at radius 1 is 0.167 bits per heavy atom. The number of hydrogen-bond acceptors (Lipinski definition) is 9. The van der Waals surface area contributed by atoms with Crippen molar-refractivity contribution < 1.29 is 69.0 Å². The molecule has 0 aliphatic carbocycles. The van der Waals surface area contributed by atoms with Crippen LogP contribution in [0.4, 0.5) is 0 Å². The van der Waals surface area contributed by atoms with E-state index in [0.29, 0.717) is 6.42 Å². The molecule has 0 spiro atoms. The fourth-order valence-electron chi connectivity index (χ4n) is 13.2. The molecule has 0 aromatic heterocycles. The largest absolute Gasteiger partial charge is 2.00 e. The topological polar surface area (TPSA) is 198 Å². The predicted molar refractivity (Wildman–Crippen MR) is 431 cm³/mol. The van der Waals surface area contributed by atoms with Crippen molar-refractivity contribution >= 4 is 67.6 Å². The molecular formula is C90H176CaO10Zn. The van der Waals surface area contributed by atoms with Gasteiger partial charge in [-0.3, -0.25) is 4.79 Å². The number of unbranched alkanes of at least 4 members (excludes halogenated alkanes) is 70. The summed E-state index contributed by atoms with van der Waals surface area (Å²) in [5, 5.41) is 49.4. The van der Waals surface area contributed by atoms with Crippen LogP contribution in [0.3, 0.4) is 0 Å². The third-order valence-electron chi connectivity index (χ3n) is 19.9. The monoisotopic (exact) mass is 1520 g/mol. The molecule has 10 nitrogen and oxygen atoms in total. The summed E-state index contributed by atoms with van der Waals surface area (Å²) in [7, 11) is 0. The summed E-state index contributed by atoms with van der Waals surface area (Å²) in [4.78, 5) is 51.2. The van der Waals surface area contributed by atoms with Crippen LogP contribution in [0.25, 0.3) is 0 Å². The van der Waals surface area contributed by atoms with Gasteiger partial charge in [-0.25, -0.2) is 0 Å². The molecule has 0 aromatic carbocycles. The van der Waals surface area contributed by atoms with E-state index in [2.05, 4.69) is 34.6 Å². The normalized spacial score (nSPS) is 10.6. The van der Waals surface area contributed by atoms with Gasteiger partial charge in [-0.15, -0.1) is 0 Å². The van der Waals surface area contributed by atoms with Gasteiger partial charge in [0.15, 0.2) is 0 Å². The van der Waals surface area contributed by atoms with E-state index < -0.39 is 29.8 Å². The zero-order chi connectivity index (χ0) is 74.5. The van der Waals surface area contributed by atoms with Crippen molar-refractivity contribution in [2.75, 3.05) is 0 Å². The van der Waals surface area contributed by atoms with E-state index >= 15 is 0 Å². The summed E-state index contributed by atoms with van der Waals surface area (Å²) in [6, 6.07) is 0. The average molecular weight is 1520 g/mol. The molecule has 0 heterocycles. The number of carbonyl (C=O) groups is 5. The third kappa shape index (κ3) is 135. The summed E-state index contributed by atoms with van der Waals surface area (Å²) in [5.74, 6) is -4.27. The molecule has 0 bridgehead atoms. The molecule has 102 heavy (non-hydrogen) atoms. The molecule has 1 N–H and O–H groups in total. The quantitative estimate of drug-likeness (QED) is 0.0452. The summed E-state index contributed by atoms with van der Waals surface area (Å²) in [5.41, 5.74) is 0. The number of aliphatic carboxylic acids is 5. The Balaban J connectivity index is -0.000000220. The van der Waals surface area contributed by atoms with Crippen molar-refractivity contribution in [2.45, 2.75) is 548 Å². The first-order valence-electron chi connectivity index (χ1n) is 44.9. The smallest absolute Gasteiger partial charge is 0.550 e. The second-order valence-electron chi connectivity index (χ2n) is 30.4. The van der Waals surface area contributed by atoms with Gasteiger partial charge in [-0.2, -0.15) is 0 Å². The Morgan fingerprint density at radius 3 is 0.324 bits per heavy atom. The van der Waals surface area contributed by atoms with Crippen LogP contribution in [0.5, 0.6) is 0 Å². The van der Waals surface area contributed by atoms with Gasteiger partial charge in [0.25, 0.3) is 0 Å². The average Bonchev–Trinajstić information content (AvgIpc) is 3.77. The summed E-state index contributed by atoms with van der Waals surface area (Å²) in [6.45, 7) is 11.3. The Morgan fingerprint density at radius 2 is 0.245 bits per heavy atom. The van der Waals surface area contributed by atoms with Gasteiger partial charge in [0.1, 0.15) is 0 Å². The van der Waals surface area contributed by atoms with E-state index in [4.69, 9.17) is 5.11 Å². The number of hydrogen-bond donors (Lipinski definition) is 1. The van der Waals surface area contributed by atoms with Crippen LogP contribution >= 0.6 is 0 Å². The summed E-state index contributed by atoms with van der Waals surface area (Å²) in [6.07, 6.45) is 99.6. The fourth-order valence-corrected chi connectivity index (χ4v) is 13.2. The van der Waals surface area contributed by atoms with Crippen LogP contribution in [0.15, 0.2) is 0 Å². The van der Waals surface area contributed by atoms with E-state index in [1.165, 1.54) is 417 Å². The second kappa shape index (κ2) is 111. The number of carboxylic acid groups (broad SMARTS) is 5. The standard InChI is InChI=1S/5C18H36O2.Ca.Zn/c5*1-2-3-4-5-6-7-8-9-10-11-12-13-14-15-16-17-18(19)20;;/h5*2-17H2,1H3,(H,19,20);;/q;;;;;2*+2/p-4. The molecule has 0 fully saturated rings. The number of carboxylic acids is 5. The molecule has 0 aliphatic rings. The van der Waals surface area contributed by atoms with Crippen LogP contribution in [-0.4, -0.2) is 72.7 Å². The first-order chi connectivity index (χ1) is 48.9. The van der Waals surface area contributed by atoms with Crippen LogP contribution in [-0.2, 0) is 43.5 Å². The maximum Gasteiger partial charge on any atom is 2.00 e. The summed E-state index contributed by atoms with van der Waals surface area (Å²) < 4.78 is 0. The van der Waals surface area contributed by atoms with Gasteiger partial charge in [0.2, 0.25) is 0 Å². The molecule has 0 aliphatic heterocycles. The fraction of sp³-hybridized carbons (Fsp3) is 0.944. The van der Waals surface area contributed by atoms with E-state index in [9.17, 15) is 44.4 Å². The van der Waals surface area contributed by atoms with E-state index in [0.717, 1.165) is 64.2 Å². The molecule has 0 amide bonds. The van der Waals surface area contributed by atoms with Crippen molar-refractivity contribution in [3.63, 3.8) is 0 Å². The van der Waals surface area contributed by atoms with Crippen molar-refractivity contribution in [3.05, 3.63) is 0 Å². The Bertz CT molecular complexity index is 1280. The molecule has 0 rings (SSSR count). The SMILES string of the molecule is CCCCCCCCCCCCCCCCCC(=O)O.CCCCCCCCCCCCCCCCCC(=O)[O-].CCCCCCCCCCCCCCCCCC(=O)[O-].CCCCCCCCCCCCCCCCCC(=O)[O-].CCCCCCCCCCCCCCCCCC(=O)[O-].[Ca+2].[Zn+2]. The maximum absolute atomic E-state index is 10.3. The zero-order valence-corrected chi connectivity index (χ0v) is 74.8. The molecule has 0 unspecified atom stereocenters. The molecule has 0 saturated heterocycles. The van der Waals surface area contributed by atoms with Gasteiger partial charge in [0, 0.05) is 30.3 Å². The van der Waals surface area contributed by atoms with Crippen molar-refractivity contribution in [3.8, 4) is 0 Å². The molecule has 0 radical (unpaired) electrons. The van der Waals surface area contributed by atoms with E-state index in [1.54, 1.807) is 0 Å². The van der Waals surface area contributed by atoms with Crippen LogP contribution in [0.1, 0.15) is 548 Å². The minimum Gasteiger partial charge on any atom is -0.550 e. The Kier molecular flexibility index (Phi) is 125. The van der Waals surface area contributed by atoms with E-state index in [1.807, 2.05) is 0 Å². The van der Waals surface area contributed by atoms with Gasteiger partial charge in [0.05, 0.1) is 0 Å². The zero-order valence-electron chi connectivity index (χ0n) is 69.6. The molecule has 600 valence electrons. The van der Waals surface area contributed by atoms with Crippen molar-refractivity contribution in [1.29, 1.82) is 0 Å². The molecule has 0 atom stereocenters.